The monoisotopic (exact) mass is 353 g/mol. The minimum absolute atomic E-state index is 0.0203. The van der Waals surface area contributed by atoms with Crippen molar-refractivity contribution < 1.29 is 20.1 Å². The Labute approximate surface area is 143 Å². The van der Waals surface area contributed by atoms with Crippen molar-refractivity contribution in [3.8, 4) is 0 Å². The first-order chi connectivity index (χ1) is 11.8. The van der Waals surface area contributed by atoms with Crippen LogP contribution in [0.25, 0.3) is 11.2 Å². The minimum atomic E-state index is -0.995. The average molecular weight is 353 g/mol. The van der Waals surface area contributed by atoms with Gasteiger partial charge in [0.2, 0.25) is 5.95 Å². The second-order valence-electron chi connectivity index (χ2n) is 6.39. The van der Waals surface area contributed by atoms with Crippen molar-refractivity contribution in [1.82, 2.24) is 19.1 Å². The topological polar surface area (TPSA) is 149 Å². The average Bonchev–Trinajstić information content (AvgIpc) is 3.05. The molecule has 138 valence electrons. The van der Waals surface area contributed by atoms with E-state index in [0.29, 0.717) is 11.9 Å². The molecule has 0 aliphatic carbocycles. The summed E-state index contributed by atoms with van der Waals surface area (Å²) >= 11 is 0. The molecule has 10 heteroatoms. The summed E-state index contributed by atoms with van der Waals surface area (Å²) in [5, 5.41) is 30.0. The van der Waals surface area contributed by atoms with Crippen molar-refractivity contribution in [2.45, 2.75) is 63.9 Å². The van der Waals surface area contributed by atoms with Crippen LogP contribution in [-0.2, 0) is 11.3 Å². The lowest BCUT2D eigenvalue weighted by atomic mass is 10.1. The van der Waals surface area contributed by atoms with Gasteiger partial charge in [0.05, 0.1) is 31.1 Å². The van der Waals surface area contributed by atoms with E-state index in [-0.39, 0.29) is 24.6 Å². The maximum atomic E-state index is 12.9. The lowest BCUT2D eigenvalue weighted by molar-refractivity contribution is -0.0760. The van der Waals surface area contributed by atoms with Gasteiger partial charge < -0.3 is 25.8 Å². The number of aliphatic hydroxyl groups is 3. The van der Waals surface area contributed by atoms with E-state index < -0.39 is 36.3 Å². The van der Waals surface area contributed by atoms with Crippen molar-refractivity contribution in [1.29, 1.82) is 0 Å². The zero-order chi connectivity index (χ0) is 18.3. The van der Waals surface area contributed by atoms with Gasteiger partial charge in [-0.15, -0.1) is 0 Å². The van der Waals surface area contributed by atoms with E-state index in [4.69, 9.17) is 10.5 Å². The number of anilines is 1. The van der Waals surface area contributed by atoms with Crippen molar-refractivity contribution in [2.24, 2.45) is 0 Å². The maximum absolute atomic E-state index is 12.9. The van der Waals surface area contributed by atoms with Gasteiger partial charge >= 0.3 is 5.69 Å². The molecule has 3 heterocycles. The van der Waals surface area contributed by atoms with Crippen LogP contribution in [0.15, 0.2) is 11.0 Å². The number of aromatic nitrogens is 4. The van der Waals surface area contributed by atoms with Crippen LogP contribution in [-0.4, -0.2) is 58.8 Å². The van der Waals surface area contributed by atoms with E-state index in [0.717, 1.165) is 0 Å². The minimum Gasteiger partial charge on any atom is -0.392 e. The third-order valence-corrected chi connectivity index (χ3v) is 4.39. The number of ether oxygens (including phenoxy) is 1. The summed E-state index contributed by atoms with van der Waals surface area (Å²) in [5.41, 5.74) is 5.75. The van der Waals surface area contributed by atoms with Gasteiger partial charge in [-0.25, -0.2) is 14.3 Å². The number of hydrogen-bond donors (Lipinski definition) is 4. The predicted octanol–water partition coefficient (Wildman–Crippen LogP) is -1.02. The lowest BCUT2D eigenvalue weighted by Gasteiger charge is -2.18. The molecule has 1 saturated heterocycles. The van der Waals surface area contributed by atoms with Crippen LogP contribution >= 0.6 is 0 Å². The molecule has 0 saturated carbocycles. The van der Waals surface area contributed by atoms with Crippen molar-refractivity contribution in [3.05, 3.63) is 16.7 Å². The fourth-order valence-electron chi connectivity index (χ4n) is 3.16. The number of rotatable bonds is 5. The quantitative estimate of drug-likeness (QED) is 0.533. The number of hydrogen-bond acceptors (Lipinski definition) is 8. The molecule has 1 aliphatic heterocycles. The van der Waals surface area contributed by atoms with Crippen LogP contribution in [0.1, 0.15) is 32.9 Å². The zero-order valence-corrected chi connectivity index (χ0v) is 14.1. The zero-order valence-electron chi connectivity index (χ0n) is 14.1. The third-order valence-electron chi connectivity index (χ3n) is 4.39. The first-order valence-corrected chi connectivity index (χ1v) is 8.26. The molecule has 25 heavy (non-hydrogen) atoms. The molecule has 0 aromatic carbocycles. The van der Waals surface area contributed by atoms with Gasteiger partial charge in [0.1, 0.15) is 11.6 Å². The summed E-state index contributed by atoms with van der Waals surface area (Å²) in [4.78, 5) is 20.9. The highest BCUT2D eigenvalue weighted by molar-refractivity contribution is 5.71. The van der Waals surface area contributed by atoms with Gasteiger partial charge in [0.25, 0.3) is 0 Å². The number of fused-ring (bicyclic) bond motifs is 1. The van der Waals surface area contributed by atoms with Gasteiger partial charge in [-0.05, 0) is 13.3 Å². The molecule has 3 rings (SSSR count). The molecule has 0 bridgehead atoms. The summed E-state index contributed by atoms with van der Waals surface area (Å²) in [7, 11) is 0. The summed E-state index contributed by atoms with van der Waals surface area (Å²) in [6, 6.07) is 0. The molecule has 1 fully saturated rings. The van der Waals surface area contributed by atoms with Gasteiger partial charge in [-0.3, -0.25) is 4.57 Å². The third kappa shape index (κ3) is 3.13. The Morgan fingerprint density at radius 3 is 2.84 bits per heavy atom. The van der Waals surface area contributed by atoms with E-state index in [2.05, 4.69) is 9.97 Å². The van der Waals surface area contributed by atoms with Crippen molar-refractivity contribution >= 4 is 17.1 Å². The first kappa shape index (κ1) is 17.8. The molecule has 0 amide bonds. The largest absolute Gasteiger partial charge is 0.392 e. The Bertz CT molecular complexity index is 816. The highest BCUT2D eigenvalue weighted by Crippen LogP contribution is 2.32. The van der Waals surface area contributed by atoms with Crippen LogP contribution in [0, 0.1) is 0 Å². The Balaban J connectivity index is 2.11. The molecule has 0 spiro atoms. The highest BCUT2D eigenvalue weighted by Gasteiger charge is 2.40. The van der Waals surface area contributed by atoms with E-state index in [1.807, 2.05) is 6.92 Å². The molecule has 5 N–H and O–H groups in total. The van der Waals surface area contributed by atoms with E-state index in [9.17, 15) is 20.1 Å². The molecule has 10 nitrogen and oxygen atoms in total. The molecular formula is C15H23N5O5. The van der Waals surface area contributed by atoms with Crippen LogP contribution in [0.4, 0.5) is 5.95 Å². The molecule has 2 aromatic rings. The Morgan fingerprint density at radius 2 is 2.20 bits per heavy atom. The molecular weight excluding hydrogens is 330 g/mol. The molecule has 5 atom stereocenters. The van der Waals surface area contributed by atoms with Crippen LogP contribution in [0.5, 0.6) is 0 Å². The normalized spacial score (nSPS) is 26.2. The lowest BCUT2D eigenvalue weighted by Crippen LogP contribution is -2.33. The van der Waals surface area contributed by atoms with Crippen LogP contribution < -0.4 is 11.4 Å². The number of nitrogens with zero attached hydrogens (tertiary/aromatic N) is 4. The number of imidazole rings is 1. The molecule has 2 unspecified atom stereocenters. The number of aliphatic hydroxyl groups excluding tert-OH is 3. The molecule has 2 aromatic heterocycles. The molecule has 1 aliphatic rings. The summed E-state index contributed by atoms with van der Waals surface area (Å²) < 4.78 is 8.28. The molecule has 0 radical (unpaired) electrons. The summed E-state index contributed by atoms with van der Waals surface area (Å²) in [6.45, 7) is 3.41. The predicted molar refractivity (Wildman–Crippen MR) is 88.7 cm³/mol. The Morgan fingerprint density at radius 1 is 1.48 bits per heavy atom. The van der Waals surface area contributed by atoms with Crippen LogP contribution in [0.2, 0.25) is 0 Å². The maximum Gasteiger partial charge on any atom is 0.332 e. The Kier molecular flexibility index (Phi) is 4.78. The standard InChI is InChI=1S/C15H23N5O5/c1-3-9(22)11-4-10(23)13(25-11)20-12-8(5-17-14(16)18-12)19(15(20)24)6-7(2)21/h5,7,9-11,13,21-23H,3-4,6H2,1-2H3,(H2,16,17,18)/t7?,9?,10-,11+,13-/m1/s1. The van der Waals surface area contributed by atoms with Gasteiger partial charge in [-0.1, -0.05) is 6.92 Å². The fourth-order valence-corrected chi connectivity index (χ4v) is 3.16. The fraction of sp³-hybridized carbons (Fsp3) is 0.667. The van der Waals surface area contributed by atoms with Gasteiger partial charge in [0, 0.05) is 6.42 Å². The summed E-state index contributed by atoms with van der Waals surface area (Å²) in [5.74, 6) is -0.0203. The number of nitrogen functional groups attached to an aromatic ring is 1. The first-order valence-electron chi connectivity index (χ1n) is 8.26. The van der Waals surface area contributed by atoms with Gasteiger partial charge in [0.15, 0.2) is 11.9 Å². The van der Waals surface area contributed by atoms with E-state index >= 15 is 0 Å². The second-order valence-corrected chi connectivity index (χ2v) is 6.39. The van der Waals surface area contributed by atoms with E-state index in [1.165, 1.54) is 15.3 Å². The SMILES string of the molecule is CCC(O)[C@@H]1C[C@@H](O)[C@H](n2c(=O)n(CC(C)O)c3cnc(N)nc32)O1. The summed E-state index contributed by atoms with van der Waals surface area (Å²) in [6.07, 6.45) is -1.98. The Hall–Kier alpha value is -2.01. The second kappa shape index (κ2) is 6.71. The van der Waals surface area contributed by atoms with Crippen LogP contribution in [0.3, 0.4) is 0 Å². The van der Waals surface area contributed by atoms with E-state index in [1.54, 1.807) is 6.92 Å². The highest BCUT2D eigenvalue weighted by atomic mass is 16.5. The van der Waals surface area contributed by atoms with Crippen molar-refractivity contribution in [2.75, 3.05) is 5.73 Å². The van der Waals surface area contributed by atoms with Gasteiger partial charge in [-0.2, -0.15) is 4.98 Å². The number of nitrogens with two attached hydrogens (primary N) is 1. The smallest absolute Gasteiger partial charge is 0.332 e. The van der Waals surface area contributed by atoms with Crippen molar-refractivity contribution in [3.63, 3.8) is 0 Å².